The largest absolute Gasteiger partial charge is 0.366 e. The van der Waals surface area contributed by atoms with E-state index < -0.39 is 5.91 Å². The van der Waals surface area contributed by atoms with E-state index in [1.165, 1.54) is 22.3 Å². The SMILES string of the molecule is CNCc1ccc(-c2[nH]c3cc(CC4CC[C@@H](c5ccc(-n6cc7cccc(C(N)=O)c7n6)cc5)CN4)cc4c3c2CCNC4=O)cc1. The van der Waals surface area contributed by atoms with Crippen LogP contribution in [-0.4, -0.2) is 52.8 Å². The van der Waals surface area contributed by atoms with Crippen LogP contribution in [0, 0.1) is 0 Å². The summed E-state index contributed by atoms with van der Waals surface area (Å²) in [5.74, 6) is -0.0541. The van der Waals surface area contributed by atoms with Crippen molar-refractivity contribution in [2.24, 2.45) is 5.73 Å². The van der Waals surface area contributed by atoms with Gasteiger partial charge in [0.15, 0.2) is 0 Å². The predicted molar refractivity (Wildman–Crippen MR) is 190 cm³/mol. The van der Waals surface area contributed by atoms with Crippen molar-refractivity contribution in [2.45, 2.75) is 44.2 Å². The van der Waals surface area contributed by atoms with Crippen LogP contribution in [0.25, 0.3) is 38.8 Å². The number of fused-ring (bicyclic) bond motifs is 1. The van der Waals surface area contributed by atoms with E-state index in [0.717, 1.165) is 77.6 Å². The van der Waals surface area contributed by atoms with Gasteiger partial charge in [-0.25, -0.2) is 4.68 Å². The number of aromatic amines is 1. The average Bonchev–Trinajstić information content (AvgIpc) is 3.66. The van der Waals surface area contributed by atoms with Crippen LogP contribution in [-0.2, 0) is 19.4 Å². The standard InChI is InChI=1S/C39H39N7O2/c1-41-20-23-5-7-26(8-6-23)36-31-15-16-42-39(48)33-18-24(19-34(44-36)35(31)33)17-29-12-9-27(21-43-29)25-10-13-30(14-11-25)46-22-28-3-2-4-32(38(40)47)37(28)45-46/h2-8,10-11,13-14,18-19,22,27,29,41,43-44H,9,12,15-17,20-21H2,1H3,(H2,40,47)(H,42,48)/t27-,29?/m1/s1. The molecule has 0 aliphatic carbocycles. The van der Waals surface area contributed by atoms with E-state index in [-0.39, 0.29) is 5.91 Å². The number of benzene rings is 4. The topological polar surface area (TPSA) is 130 Å². The second-order valence-electron chi connectivity index (χ2n) is 13.1. The fourth-order valence-electron chi connectivity index (χ4n) is 7.58. The zero-order valence-electron chi connectivity index (χ0n) is 27.0. The quantitative estimate of drug-likeness (QED) is 0.154. The number of piperidine rings is 1. The normalized spacial score (nSPS) is 17.8. The third-order valence-corrected chi connectivity index (χ3v) is 10.0. The number of nitrogens with zero attached hydrogens (tertiary/aromatic N) is 2. The van der Waals surface area contributed by atoms with Crippen molar-refractivity contribution in [2.75, 3.05) is 20.1 Å². The molecule has 0 spiro atoms. The minimum atomic E-state index is -0.477. The van der Waals surface area contributed by atoms with Crippen LogP contribution in [0.5, 0.6) is 0 Å². The lowest BCUT2D eigenvalue weighted by Crippen LogP contribution is -2.39. The molecule has 48 heavy (non-hydrogen) atoms. The highest BCUT2D eigenvalue weighted by atomic mass is 16.2. The number of H-pyrrole nitrogens is 1. The zero-order valence-corrected chi connectivity index (χ0v) is 27.0. The van der Waals surface area contributed by atoms with Crippen molar-refractivity contribution in [1.82, 2.24) is 30.7 Å². The van der Waals surface area contributed by atoms with Crippen molar-refractivity contribution < 1.29 is 9.59 Å². The molecule has 2 atom stereocenters. The summed E-state index contributed by atoms with van der Waals surface area (Å²) in [6.07, 6.45) is 5.72. The fourth-order valence-corrected chi connectivity index (χ4v) is 7.58. The molecule has 0 radical (unpaired) electrons. The van der Waals surface area contributed by atoms with E-state index in [4.69, 9.17) is 5.73 Å². The van der Waals surface area contributed by atoms with Gasteiger partial charge in [0.25, 0.3) is 11.8 Å². The number of carbonyl (C=O) groups is 2. The van der Waals surface area contributed by atoms with Crippen LogP contribution in [0.15, 0.2) is 85.1 Å². The Morgan fingerprint density at radius 3 is 2.60 bits per heavy atom. The number of nitrogens with two attached hydrogens (primary N) is 1. The molecule has 4 heterocycles. The summed E-state index contributed by atoms with van der Waals surface area (Å²) >= 11 is 0. The Morgan fingerprint density at radius 1 is 1.02 bits per heavy atom. The Kier molecular flexibility index (Phi) is 7.78. The third kappa shape index (κ3) is 5.55. The minimum absolute atomic E-state index is 0.00662. The van der Waals surface area contributed by atoms with Gasteiger partial charge in [-0.2, -0.15) is 5.10 Å². The van der Waals surface area contributed by atoms with E-state index in [0.29, 0.717) is 29.6 Å². The number of hydrogen-bond acceptors (Lipinski definition) is 5. The molecule has 9 nitrogen and oxygen atoms in total. The zero-order chi connectivity index (χ0) is 32.8. The van der Waals surface area contributed by atoms with Gasteiger partial charge >= 0.3 is 0 Å². The highest BCUT2D eigenvalue weighted by Crippen LogP contribution is 2.36. The van der Waals surface area contributed by atoms with Gasteiger partial charge in [0.05, 0.1) is 11.3 Å². The van der Waals surface area contributed by atoms with Crippen molar-refractivity contribution in [1.29, 1.82) is 0 Å². The van der Waals surface area contributed by atoms with Gasteiger partial charge in [-0.3, -0.25) is 9.59 Å². The number of amides is 2. The fraction of sp³-hybridized carbons (Fsp3) is 0.256. The molecule has 2 aliphatic heterocycles. The Morgan fingerprint density at radius 2 is 1.85 bits per heavy atom. The van der Waals surface area contributed by atoms with Crippen molar-refractivity contribution >= 4 is 33.6 Å². The monoisotopic (exact) mass is 637 g/mol. The molecular formula is C39H39N7O2. The number of nitrogens with one attached hydrogen (secondary N) is 4. The Balaban J connectivity index is 0.975. The molecule has 2 amide bonds. The van der Waals surface area contributed by atoms with Crippen LogP contribution in [0.2, 0.25) is 0 Å². The molecule has 1 fully saturated rings. The molecule has 4 aromatic carbocycles. The second-order valence-corrected chi connectivity index (χ2v) is 13.1. The van der Waals surface area contributed by atoms with Gasteiger partial charge in [0.1, 0.15) is 5.52 Å². The molecule has 1 unspecified atom stereocenters. The lowest BCUT2D eigenvalue weighted by atomic mass is 9.86. The molecule has 9 heteroatoms. The summed E-state index contributed by atoms with van der Waals surface area (Å²) in [6, 6.07) is 27.4. The molecule has 0 bridgehead atoms. The molecule has 1 saturated heterocycles. The molecule has 2 aliphatic rings. The van der Waals surface area contributed by atoms with Gasteiger partial charge < -0.3 is 26.7 Å². The number of primary amides is 1. The highest BCUT2D eigenvalue weighted by molar-refractivity contribution is 6.10. The lowest BCUT2D eigenvalue weighted by molar-refractivity contribution is 0.0955. The molecule has 6 N–H and O–H groups in total. The first kappa shape index (κ1) is 30.1. The van der Waals surface area contributed by atoms with Crippen LogP contribution in [0.3, 0.4) is 0 Å². The maximum Gasteiger partial charge on any atom is 0.251 e. The molecule has 8 rings (SSSR count). The second kappa shape index (κ2) is 12.4. The maximum absolute atomic E-state index is 13.2. The first-order valence-electron chi connectivity index (χ1n) is 16.8. The number of aromatic nitrogens is 3. The first-order valence-corrected chi connectivity index (χ1v) is 16.8. The average molecular weight is 638 g/mol. The first-order chi connectivity index (χ1) is 23.4. The van der Waals surface area contributed by atoms with E-state index in [1.807, 2.05) is 25.4 Å². The number of carbonyl (C=O) groups excluding carboxylic acids is 2. The third-order valence-electron chi connectivity index (χ3n) is 10.0. The van der Waals surface area contributed by atoms with E-state index in [1.54, 1.807) is 10.7 Å². The lowest BCUT2D eigenvalue weighted by Gasteiger charge is -2.30. The maximum atomic E-state index is 13.2. The van der Waals surface area contributed by atoms with Crippen molar-refractivity contribution in [3.05, 3.63) is 118 Å². The molecule has 6 aromatic rings. The summed E-state index contributed by atoms with van der Waals surface area (Å²) < 4.78 is 1.80. The van der Waals surface area contributed by atoms with Crippen LogP contribution in [0.4, 0.5) is 0 Å². The highest BCUT2D eigenvalue weighted by Gasteiger charge is 2.26. The Hall–Kier alpha value is -5.25. The van der Waals surface area contributed by atoms with Crippen LogP contribution in [0.1, 0.15) is 61.7 Å². The van der Waals surface area contributed by atoms with Gasteiger partial charge in [0.2, 0.25) is 0 Å². The van der Waals surface area contributed by atoms with Gasteiger partial charge in [-0.15, -0.1) is 0 Å². The minimum Gasteiger partial charge on any atom is -0.366 e. The van der Waals surface area contributed by atoms with E-state index >= 15 is 0 Å². The van der Waals surface area contributed by atoms with Crippen molar-refractivity contribution in [3.8, 4) is 16.9 Å². The summed E-state index contributed by atoms with van der Waals surface area (Å²) in [6.45, 7) is 2.36. The molecule has 242 valence electrons. The smallest absolute Gasteiger partial charge is 0.251 e. The van der Waals surface area contributed by atoms with Crippen LogP contribution >= 0.6 is 0 Å². The van der Waals surface area contributed by atoms with E-state index in [2.05, 4.69) is 86.7 Å². The molecule has 0 saturated carbocycles. The summed E-state index contributed by atoms with van der Waals surface area (Å²) in [7, 11) is 1.96. The van der Waals surface area contributed by atoms with Crippen LogP contribution < -0.4 is 21.7 Å². The van der Waals surface area contributed by atoms with Gasteiger partial charge in [-0.05, 0) is 96.8 Å². The summed E-state index contributed by atoms with van der Waals surface area (Å²) in [5.41, 5.74) is 16.5. The van der Waals surface area contributed by atoms with Gasteiger partial charge in [-0.1, -0.05) is 48.5 Å². The Labute approximate surface area is 278 Å². The van der Waals surface area contributed by atoms with Crippen molar-refractivity contribution in [3.63, 3.8) is 0 Å². The molecular weight excluding hydrogens is 598 g/mol. The molecule has 2 aromatic heterocycles. The summed E-state index contributed by atoms with van der Waals surface area (Å²) in [5, 5.41) is 16.7. The predicted octanol–water partition coefficient (Wildman–Crippen LogP) is 5.36. The number of rotatable bonds is 8. The van der Waals surface area contributed by atoms with E-state index in [9.17, 15) is 9.59 Å². The van der Waals surface area contributed by atoms with Gasteiger partial charge in [0, 0.05) is 59.4 Å². The number of hydrogen-bond donors (Lipinski definition) is 5. The summed E-state index contributed by atoms with van der Waals surface area (Å²) in [4.78, 5) is 28.8. The Bertz CT molecular complexity index is 2150.